The first kappa shape index (κ1) is 23.8. The molecule has 2 aromatic carbocycles. The molecule has 3 aromatic rings. The maximum Gasteiger partial charge on any atom is 0.417 e. The quantitative estimate of drug-likeness (QED) is 0.346. The molecule has 0 aliphatic rings. The zero-order valence-corrected chi connectivity index (χ0v) is 18.0. The lowest BCUT2D eigenvalue weighted by Gasteiger charge is -2.15. The van der Waals surface area contributed by atoms with Gasteiger partial charge >= 0.3 is 6.18 Å². The Morgan fingerprint density at radius 2 is 1.75 bits per heavy atom. The Labute approximate surface area is 188 Å². The third kappa shape index (κ3) is 6.32. The van der Waals surface area contributed by atoms with Crippen molar-refractivity contribution in [1.82, 2.24) is 15.3 Å². The van der Waals surface area contributed by atoms with Crippen molar-refractivity contribution in [2.24, 2.45) is 0 Å². The number of nitrogens with one attached hydrogen (secondary N) is 3. The van der Waals surface area contributed by atoms with Gasteiger partial charge in [-0.05, 0) is 24.7 Å². The Kier molecular flexibility index (Phi) is 7.89. The molecule has 6 nitrogen and oxygen atoms in total. The minimum atomic E-state index is -4.54. The summed E-state index contributed by atoms with van der Waals surface area (Å²) in [6.45, 7) is 1.39. The molecule has 0 aliphatic heterocycles. The van der Waals surface area contributed by atoms with E-state index in [1.807, 2.05) is 30.3 Å². The molecule has 0 spiro atoms. The smallest absolute Gasteiger partial charge is 0.387 e. The number of rotatable bonds is 9. The predicted octanol–water partition coefficient (Wildman–Crippen LogP) is 4.59. The highest BCUT2D eigenvalue weighted by Crippen LogP contribution is 2.36. The molecule has 1 aromatic heterocycles. The summed E-state index contributed by atoms with van der Waals surface area (Å²) in [5.74, 6) is 0.707. The fourth-order valence-corrected chi connectivity index (χ4v) is 3.25. The van der Waals surface area contributed by atoms with Gasteiger partial charge in [0.2, 0.25) is 5.95 Å². The van der Waals surface area contributed by atoms with Crippen LogP contribution in [0.5, 0.6) is 0 Å². The Morgan fingerprint density at radius 3 is 2.41 bits per heavy atom. The second-order valence-electron chi connectivity index (χ2n) is 6.99. The average molecular weight is 466 g/mol. The first-order valence-electron chi connectivity index (χ1n) is 9.89. The molecule has 3 rings (SSSR count). The van der Waals surface area contributed by atoms with Crippen molar-refractivity contribution in [3.8, 4) is 11.3 Å². The molecule has 0 fully saturated rings. The summed E-state index contributed by atoms with van der Waals surface area (Å²) in [6.07, 6.45) is -5.31. The van der Waals surface area contributed by atoms with Crippen LogP contribution in [0.4, 0.5) is 24.9 Å². The minimum Gasteiger partial charge on any atom is -0.387 e. The van der Waals surface area contributed by atoms with E-state index in [1.165, 1.54) is 12.1 Å². The second-order valence-corrected chi connectivity index (χ2v) is 7.40. The highest BCUT2D eigenvalue weighted by molar-refractivity contribution is 6.31. The van der Waals surface area contributed by atoms with E-state index in [-0.39, 0.29) is 6.54 Å². The van der Waals surface area contributed by atoms with Gasteiger partial charge in [-0.1, -0.05) is 48.0 Å². The molecule has 0 amide bonds. The SMILES string of the molecule is CNCCNc1nc(NCC(O)c2ccccc2)cc(-c2ccc(C(F)(F)F)c(Cl)c2)n1. The second kappa shape index (κ2) is 10.6. The number of aliphatic hydroxyl groups is 1. The zero-order valence-electron chi connectivity index (χ0n) is 17.2. The minimum absolute atomic E-state index is 0.185. The molecule has 0 bridgehead atoms. The van der Waals surface area contributed by atoms with Crippen LogP contribution in [0.1, 0.15) is 17.2 Å². The van der Waals surface area contributed by atoms with Crippen molar-refractivity contribution in [2.45, 2.75) is 12.3 Å². The lowest BCUT2D eigenvalue weighted by atomic mass is 10.1. The maximum atomic E-state index is 13.0. The van der Waals surface area contributed by atoms with Crippen LogP contribution < -0.4 is 16.0 Å². The first-order chi connectivity index (χ1) is 15.3. The topological polar surface area (TPSA) is 82.1 Å². The highest BCUT2D eigenvalue weighted by Gasteiger charge is 2.33. The molecule has 170 valence electrons. The van der Waals surface area contributed by atoms with Gasteiger partial charge in [0.1, 0.15) is 5.82 Å². The molecule has 10 heteroatoms. The van der Waals surface area contributed by atoms with E-state index in [0.29, 0.717) is 36.1 Å². The van der Waals surface area contributed by atoms with E-state index in [4.69, 9.17) is 11.6 Å². The molecule has 0 saturated carbocycles. The average Bonchev–Trinajstić information content (AvgIpc) is 2.77. The van der Waals surface area contributed by atoms with Crippen molar-refractivity contribution in [3.63, 3.8) is 0 Å². The standard InChI is InChI=1S/C22H23ClF3N5O/c1-27-9-10-28-21-30-18(15-7-8-16(17(23)11-15)22(24,25)26)12-20(31-21)29-13-19(32)14-5-3-2-4-6-14/h2-8,11-12,19,27,32H,9-10,13H2,1H3,(H2,28,29,30,31). The summed E-state index contributed by atoms with van der Waals surface area (Å²) >= 11 is 5.88. The summed E-state index contributed by atoms with van der Waals surface area (Å²) in [7, 11) is 1.81. The van der Waals surface area contributed by atoms with Crippen molar-refractivity contribution in [1.29, 1.82) is 0 Å². The van der Waals surface area contributed by atoms with Gasteiger partial charge in [-0.25, -0.2) is 4.98 Å². The fourth-order valence-electron chi connectivity index (χ4n) is 2.96. The van der Waals surface area contributed by atoms with Gasteiger partial charge in [-0.2, -0.15) is 18.2 Å². The van der Waals surface area contributed by atoms with Crippen LogP contribution in [0, 0.1) is 0 Å². The monoisotopic (exact) mass is 465 g/mol. The third-order valence-corrected chi connectivity index (χ3v) is 4.93. The summed E-state index contributed by atoms with van der Waals surface area (Å²) in [6, 6.07) is 14.2. The normalized spacial score (nSPS) is 12.4. The Balaban J connectivity index is 1.86. The highest BCUT2D eigenvalue weighted by atomic mass is 35.5. The van der Waals surface area contributed by atoms with Gasteiger partial charge in [0.25, 0.3) is 0 Å². The van der Waals surface area contributed by atoms with Crippen molar-refractivity contribution in [3.05, 3.63) is 70.7 Å². The van der Waals surface area contributed by atoms with Gasteiger partial charge in [0.15, 0.2) is 0 Å². The number of benzene rings is 2. The van der Waals surface area contributed by atoms with Crippen molar-refractivity contribution in [2.75, 3.05) is 37.3 Å². The van der Waals surface area contributed by atoms with Gasteiger partial charge in [0.05, 0.1) is 22.4 Å². The Morgan fingerprint density at radius 1 is 1.00 bits per heavy atom. The van der Waals surface area contributed by atoms with Crippen LogP contribution in [0.3, 0.4) is 0 Å². The van der Waals surface area contributed by atoms with Gasteiger partial charge in [-0.3, -0.25) is 0 Å². The number of anilines is 2. The molecule has 4 N–H and O–H groups in total. The van der Waals surface area contributed by atoms with E-state index in [9.17, 15) is 18.3 Å². The van der Waals surface area contributed by atoms with E-state index < -0.39 is 22.9 Å². The van der Waals surface area contributed by atoms with E-state index in [2.05, 4.69) is 25.9 Å². The lowest BCUT2D eigenvalue weighted by Crippen LogP contribution is -2.19. The van der Waals surface area contributed by atoms with Crippen LogP contribution in [0.25, 0.3) is 11.3 Å². The van der Waals surface area contributed by atoms with Gasteiger partial charge in [-0.15, -0.1) is 0 Å². The zero-order chi connectivity index (χ0) is 23.1. The lowest BCUT2D eigenvalue weighted by molar-refractivity contribution is -0.137. The summed E-state index contributed by atoms with van der Waals surface area (Å²) in [4.78, 5) is 8.79. The van der Waals surface area contributed by atoms with E-state index in [1.54, 1.807) is 13.1 Å². The van der Waals surface area contributed by atoms with Crippen LogP contribution in [-0.2, 0) is 6.18 Å². The van der Waals surface area contributed by atoms with Crippen LogP contribution >= 0.6 is 11.6 Å². The Hall–Kier alpha value is -2.88. The molecule has 0 saturated heterocycles. The first-order valence-corrected chi connectivity index (χ1v) is 10.3. The number of nitrogens with zero attached hydrogens (tertiary/aromatic N) is 2. The van der Waals surface area contributed by atoms with Gasteiger partial charge in [0, 0.05) is 31.3 Å². The van der Waals surface area contributed by atoms with Gasteiger partial charge < -0.3 is 21.1 Å². The van der Waals surface area contributed by atoms with Crippen LogP contribution in [0.15, 0.2) is 54.6 Å². The molecule has 0 radical (unpaired) electrons. The number of aromatic nitrogens is 2. The number of hydrogen-bond acceptors (Lipinski definition) is 6. The van der Waals surface area contributed by atoms with E-state index in [0.717, 1.165) is 11.6 Å². The third-order valence-electron chi connectivity index (χ3n) is 4.62. The van der Waals surface area contributed by atoms with Crippen molar-refractivity contribution < 1.29 is 18.3 Å². The number of aliphatic hydroxyl groups excluding tert-OH is 1. The summed E-state index contributed by atoms with van der Waals surface area (Å²) < 4.78 is 39.1. The fraction of sp³-hybridized carbons (Fsp3) is 0.273. The largest absolute Gasteiger partial charge is 0.417 e. The van der Waals surface area contributed by atoms with Crippen LogP contribution in [0.2, 0.25) is 5.02 Å². The maximum absolute atomic E-state index is 13.0. The predicted molar refractivity (Wildman–Crippen MR) is 120 cm³/mol. The number of likely N-dealkylation sites (N-methyl/N-ethyl adjacent to an activating group) is 1. The number of alkyl halides is 3. The van der Waals surface area contributed by atoms with Crippen LogP contribution in [-0.4, -0.2) is 41.8 Å². The molecule has 1 unspecified atom stereocenters. The summed E-state index contributed by atoms with van der Waals surface area (Å²) in [5, 5.41) is 19.1. The molecule has 1 heterocycles. The molecule has 1 atom stereocenters. The number of hydrogen-bond donors (Lipinski definition) is 4. The summed E-state index contributed by atoms with van der Waals surface area (Å²) in [5.41, 5.74) is 0.637. The molecule has 32 heavy (non-hydrogen) atoms. The molecular weight excluding hydrogens is 443 g/mol. The molecular formula is C22H23ClF3N5O. The number of halogens is 4. The van der Waals surface area contributed by atoms with Crippen molar-refractivity contribution >= 4 is 23.4 Å². The Bertz CT molecular complexity index is 1030. The molecule has 0 aliphatic carbocycles. The van der Waals surface area contributed by atoms with E-state index >= 15 is 0 Å².